The molecule has 0 spiro atoms. The van der Waals surface area contributed by atoms with Gasteiger partial charge in [-0.15, -0.1) is 0 Å². The first kappa shape index (κ1) is 17.9. The summed E-state index contributed by atoms with van der Waals surface area (Å²) in [5.41, 5.74) is 0.419. The summed E-state index contributed by atoms with van der Waals surface area (Å²) in [4.78, 5) is 25.7. The number of benzene rings is 2. The van der Waals surface area contributed by atoms with Crippen LogP contribution in [0.25, 0.3) is 0 Å². The van der Waals surface area contributed by atoms with Crippen LogP contribution in [0, 0.1) is 30.2 Å². The Labute approximate surface area is 146 Å². The molecule has 4 nitrogen and oxygen atoms in total. The van der Waals surface area contributed by atoms with Crippen molar-refractivity contribution in [3.63, 3.8) is 0 Å². The van der Waals surface area contributed by atoms with Gasteiger partial charge in [-0.05, 0) is 37.1 Å². The molecule has 26 heavy (non-hydrogen) atoms. The molecule has 136 valence electrons. The van der Waals surface area contributed by atoms with E-state index in [2.05, 4.69) is 5.32 Å². The lowest BCUT2D eigenvalue weighted by molar-refractivity contribution is -0.117. The minimum absolute atomic E-state index is 0.0507. The van der Waals surface area contributed by atoms with Crippen molar-refractivity contribution in [3.8, 4) is 0 Å². The van der Waals surface area contributed by atoms with E-state index in [4.69, 9.17) is 0 Å². The average Bonchev–Trinajstić information content (AvgIpc) is 3.03. The van der Waals surface area contributed by atoms with Crippen LogP contribution in [0.3, 0.4) is 0 Å². The SMILES string of the molecule is Cc1c(NC(=O)c2cc(F)c(F)c(F)c2F)cccc1N1CCCC1=O. The molecule has 3 rings (SSSR count). The summed E-state index contributed by atoms with van der Waals surface area (Å²) in [5, 5.41) is 2.35. The highest BCUT2D eigenvalue weighted by atomic mass is 19.2. The predicted molar refractivity (Wildman–Crippen MR) is 87.0 cm³/mol. The standard InChI is InChI=1S/C18H14F4N2O2/c1-9-12(4-2-5-13(9)24-7-3-6-14(24)25)23-18(26)10-8-11(19)16(21)17(22)15(10)20/h2,4-5,8H,3,6-7H2,1H3,(H,23,26). The van der Waals surface area contributed by atoms with Crippen molar-refractivity contribution < 1.29 is 27.2 Å². The van der Waals surface area contributed by atoms with Gasteiger partial charge >= 0.3 is 0 Å². The second-order valence-corrected chi connectivity index (χ2v) is 5.90. The summed E-state index contributed by atoms with van der Waals surface area (Å²) in [6.45, 7) is 2.19. The number of carbonyl (C=O) groups is 2. The fraction of sp³-hybridized carbons (Fsp3) is 0.222. The Bertz CT molecular complexity index is 915. The lowest BCUT2D eigenvalue weighted by Crippen LogP contribution is -2.25. The number of anilines is 2. The molecule has 1 N–H and O–H groups in total. The molecule has 1 aliphatic rings. The molecule has 1 saturated heterocycles. The maximum atomic E-state index is 13.8. The Balaban J connectivity index is 1.93. The van der Waals surface area contributed by atoms with Crippen LogP contribution in [0.4, 0.5) is 28.9 Å². The first-order valence-corrected chi connectivity index (χ1v) is 7.85. The number of amides is 2. The van der Waals surface area contributed by atoms with Gasteiger partial charge in [-0.1, -0.05) is 6.07 Å². The zero-order chi connectivity index (χ0) is 19.0. The van der Waals surface area contributed by atoms with Gasteiger partial charge in [-0.25, -0.2) is 17.6 Å². The van der Waals surface area contributed by atoms with Crippen molar-refractivity contribution in [3.05, 3.63) is 58.7 Å². The monoisotopic (exact) mass is 366 g/mol. The lowest BCUT2D eigenvalue weighted by atomic mass is 10.1. The molecule has 1 heterocycles. The molecule has 1 fully saturated rings. The molecule has 2 amide bonds. The van der Waals surface area contributed by atoms with Gasteiger partial charge in [0.2, 0.25) is 5.91 Å². The average molecular weight is 366 g/mol. The molecule has 8 heteroatoms. The number of nitrogens with one attached hydrogen (secondary N) is 1. The fourth-order valence-corrected chi connectivity index (χ4v) is 2.88. The van der Waals surface area contributed by atoms with Crippen LogP contribution < -0.4 is 10.2 Å². The maximum Gasteiger partial charge on any atom is 0.258 e. The summed E-state index contributed by atoms with van der Waals surface area (Å²) in [6, 6.07) is 5.09. The summed E-state index contributed by atoms with van der Waals surface area (Å²) in [6.07, 6.45) is 1.14. The minimum atomic E-state index is -2.05. The van der Waals surface area contributed by atoms with Crippen LogP contribution in [0.5, 0.6) is 0 Å². The smallest absolute Gasteiger partial charge is 0.258 e. The van der Waals surface area contributed by atoms with E-state index in [1.807, 2.05) is 0 Å². The quantitative estimate of drug-likeness (QED) is 0.508. The topological polar surface area (TPSA) is 49.4 Å². The van der Waals surface area contributed by atoms with Crippen molar-refractivity contribution in [2.45, 2.75) is 19.8 Å². The molecule has 2 aromatic carbocycles. The van der Waals surface area contributed by atoms with E-state index in [9.17, 15) is 27.2 Å². The molecule has 0 bridgehead atoms. The highest BCUT2D eigenvalue weighted by Crippen LogP contribution is 2.30. The van der Waals surface area contributed by atoms with Crippen LogP contribution in [0.2, 0.25) is 0 Å². The molecule has 0 aromatic heterocycles. The van der Waals surface area contributed by atoms with E-state index < -0.39 is 34.7 Å². The summed E-state index contributed by atoms with van der Waals surface area (Å²) < 4.78 is 53.4. The molecule has 0 unspecified atom stereocenters. The first-order chi connectivity index (χ1) is 12.3. The van der Waals surface area contributed by atoms with Gasteiger partial charge in [0, 0.05) is 24.3 Å². The number of halogens is 4. The second-order valence-electron chi connectivity index (χ2n) is 5.90. The number of carbonyl (C=O) groups excluding carboxylic acids is 2. The van der Waals surface area contributed by atoms with Crippen molar-refractivity contribution in [2.75, 3.05) is 16.8 Å². The van der Waals surface area contributed by atoms with Gasteiger partial charge in [0.1, 0.15) is 0 Å². The Kier molecular flexibility index (Phi) is 4.67. The number of nitrogens with zero attached hydrogens (tertiary/aromatic N) is 1. The molecular formula is C18H14F4N2O2. The Hall–Kier alpha value is -2.90. The van der Waals surface area contributed by atoms with Crippen molar-refractivity contribution in [2.24, 2.45) is 0 Å². The van der Waals surface area contributed by atoms with Crippen molar-refractivity contribution in [1.82, 2.24) is 0 Å². The normalized spacial score (nSPS) is 14.0. The first-order valence-electron chi connectivity index (χ1n) is 7.85. The van der Waals surface area contributed by atoms with Crippen LogP contribution in [0.1, 0.15) is 28.8 Å². The van der Waals surface area contributed by atoms with E-state index in [1.54, 1.807) is 24.0 Å². The summed E-state index contributed by atoms with van der Waals surface area (Å²) in [5.74, 6) is -8.65. The zero-order valence-corrected chi connectivity index (χ0v) is 13.7. The number of hydrogen-bond acceptors (Lipinski definition) is 2. The van der Waals surface area contributed by atoms with E-state index in [1.165, 1.54) is 6.07 Å². The number of hydrogen-bond donors (Lipinski definition) is 1. The van der Waals surface area contributed by atoms with E-state index in [-0.39, 0.29) is 11.6 Å². The molecule has 0 aliphatic carbocycles. The Morgan fingerprint density at radius 2 is 1.85 bits per heavy atom. The van der Waals surface area contributed by atoms with Gasteiger partial charge in [-0.3, -0.25) is 9.59 Å². The zero-order valence-electron chi connectivity index (χ0n) is 13.7. The Morgan fingerprint density at radius 1 is 1.12 bits per heavy atom. The van der Waals surface area contributed by atoms with Crippen LogP contribution >= 0.6 is 0 Å². The van der Waals surface area contributed by atoms with Gasteiger partial charge in [0.25, 0.3) is 5.91 Å². The van der Waals surface area contributed by atoms with Gasteiger partial charge < -0.3 is 10.2 Å². The third-order valence-corrected chi connectivity index (χ3v) is 4.26. The Morgan fingerprint density at radius 3 is 2.50 bits per heavy atom. The molecule has 0 atom stereocenters. The van der Waals surface area contributed by atoms with Gasteiger partial charge in [0.05, 0.1) is 5.56 Å². The molecule has 0 radical (unpaired) electrons. The van der Waals surface area contributed by atoms with Crippen LogP contribution in [-0.2, 0) is 4.79 Å². The van der Waals surface area contributed by atoms with Gasteiger partial charge in [-0.2, -0.15) is 0 Å². The third kappa shape index (κ3) is 3.02. The van der Waals surface area contributed by atoms with E-state index in [0.29, 0.717) is 36.7 Å². The highest BCUT2D eigenvalue weighted by molar-refractivity contribution is 6.06. The van der Waals surface area contributed by atoms with Gasteiger partial charge in [0.15, 0.2) is 23.3 Å². The minimum Gasteiger partial charge on any atom is -0.322 e. The predicted octanol–water partition coefficient (Wildman–Crippen LogP) is 3.93. The largest absolute Gasteiger partial charge is 0.322 e. The van der Waals surface area contributed by atoms with E-state index >= 15 is 0 Å². The van der Waals surface area contributed by atoms with Crippen molar-refractivity contribution in [1.29, 1.82) is 0 Å². The lowest BCUT2D eigenvalue weighted by Gasteiger charge is -2.20. The molecule has 0 saturated carbocycles. The summed E-state index contributed by atoms with van der Waals surface area (Å²) >= 11 is 0. The molecular weight excluding hydrogens is 352 g/mol. The molecule has 1 aliphatic heterocycles. The fourth-order valence-electron chi connectivity index (χ4n) is 2.88. The number of rotatable bonds is 3. The third-order valence-electron chi connectivity index (χ3n) is 4.26. The van der Waals surface area contributed by atoms with E-state index in [0.717, 1.165) is 0 Å². The molecule has 2 aromatic rings. The van der Waals surface area contributed by atoms with Crippen LogP contribution in [-0.4, -0.2) is 18.4 Å². The second kappa shape index (κ2) is 6.78. The summed E-state index contributed by atoms with van der Waals surface area (Å²) in [7, 11) is 0. The van der Waals surface area contributed by atoms with Crippen LogP contribution in [0.15, 0.2) is 24.3 Å². The highest BCUT2D eigenvalue weighted by Gasteiger charge is 2.26. The van der Waals surface area contributed by atoms with Crippen molar-refractivity contribution >= 4 is 23.2 Å². The maximum absolute atomic E-state index is 13.8.